The van der Waals surface area contributed by atoms with Gasteiger partial charge >= 0.3 is 6.03 Å². The van der Waals surface area contributed by atoms with E-state index in [0.717, 1.165) is 19.3 Å². The van der Waals surface area contributed by atoms with Crippen LogP contribution < -0.4 is 16.0 Å². The van der Waals surface area contributed by atoms with E-state index in [2.05, 4.69) is 22.9 Å². The highest BCUT2D eigenvalue weighted by Gasteiger charge is 2.30. The number of hydrogen-bond acceptors (Lipinski definition) is 4. The molecule has 188 valence electrons. The van der Waals surface area contributed by atoms with Crippen molar-refractivity contribution in [2.24, 2.45) is 5.92 Å². The van der Waals surface area contributed by atoms with Gasteiger partial charge in [-0.15, -0.1) is 0 Å². The molecular weight excluding hydrogens is 464 g/mol. The number of benzene rings is 2. The molecule has 3 N–H and O–H groups in total. The fourth-order valence-electron chi connectivity index (χ4n) is 4.82. The van der Waals surface area contributed by atoms with Crippen LogP contribution in [0.2, 0.25) is 0 Å². The Bertz CT molecular complexity index is 1110. The standard InChI is InChI=1S/C26H34N4O4S/c1-19-7-5-6-10-24(19)29-25(31)20-11-13-23(14-12-20)35(33,34)30-17-15-22(16-18-30)28-26(32)27-21-8-3-2-4-9-21/h2-4,8-9,11-14,19,22,24H,5-7,10,15-18H2,1H3,(H,29,31)(H2,27,28,32). The molecule has 1 saturated carbocycles. The summed E-state index contributed by atoms with van der Waals surface area (Å²) in [6, 6.07) is 15.1. The summed E-state index contributed by atoms with van der Waals surface area (Å²) in [5.74, 6) is 0.294. The Labute approximate surface area is 207 Å². The zero-order chi connectivity index (χ0) is 24.8. The largest absolute Gasteiger partial charge is 0.349 e. The highest BCUT2D eigenvalue weighted by atomic mass is 32.2. The molecule has 35 heavy (non-hydrogen) atoms. The lowest BCUT2D eigenvalue weighted by Gasteiger charge is -2.31. The minimum Gasteiger partial charge on any atom is -0.349 e. The van der Waals surface area contributed by atoms with Gasteiger partial charge in [-0.1, -0.05) is 38.0 Å². The third-order valence-corrected chi connectivity index (χ3v) is 8.92. The first-order valence-corrected chi connectivity index (χ1v) is 13.8. The summed E-state index contributed by atoms with van der Waals surface area (Å²) < 4.78 is 27.7. The van der Waals surface area contributed by atoms with Gasteiger partial charge in [0.2, 0.25) is 10.0 Å². The van der Waals surface area contributed by atoms with Crippen LogP contribution in [0.15, 0.2) is 59.5 Å². The van der Waals surface area contributed by atoms with Crippen molar-refractivity contribution in [3.63, 3.8) is 0 Å². The molecule has 2 aromatic rings. The zero-order valence-corrected chi connectivity index (χ0v) is 20.9. The SMILES string of the molecule is CC1CCCCC1NC(=O)c1ccc(S(=O)(=O)N2CCC(NC(=O)Nc3ccccc3)CC2)cc1. The van der Waals surface area contributed by atoms with Crippen molar-refractivity contribution < 1.29 is 18.0 Å². The second-order valence-corrected chi connectivity index (χ2v) is 11.4. The maximum atomic E-state index is 13.1. The van der Waals surface area contributed by atoms with Gasteiger partial charge in [-0.05, 0) is 68.0 Å². The molecule has 0 aromatic heterocycles. The smallest absolute Gasteiger partial charge is 0.319 e. The molecule has 2 aromatic carbocycles. The molecule has 1 aliphatic carbocycles. The van der Waals surface area contributed by atoms with Gasteiger partial charge in [0.05, 0.1) is 4.90 Å². The van der Waals surface area contributed by atoms with Crippen LogP contribution in [0, 0.1) is 5.92 Å². The third kappa shape index (κ3) is 6.41. The molecule has 2 fully saturated rings. The average molecular weight is 499 g/mol. The van der Waals surface area contributed by atoms with Crippen LogP contribution in [0.1, 0.15) is 55.8 Å². The van der Waals surface area contributed by atoms with E-state index in [0.29, 0.717) is 43.1 Å². The number of amides is 3. The molecule has 2 aliphatic rings. The number of sulfonamides is 1. The van der Waals surface area contributed by atoms with E-state index in [1.165, 1.54) is 22.9 Å². The Morgan fingerprint density at radius 1 is 0.857 bits per heavy atom. The van der Waals surface area contributed by atoms with Gasteiger partial charge in [0.25, 0.3) is 5.91 Å². The van der Waals surface area contributed by atoms with Crippen LogP contribution in [0.25, 0.3) is 0 Å². The number of anilines is 1. The van der Waals surface area contributed by atoms with E-state index in [9.17, 15) is 18.0 Å². The summed E-state index contributed by atoms with van der Waals surface area (Å²) >= 11 is 0. The minimum atomic E-state index is -3.67. The molecule has 3 amide bonds. The molecule has 1 heterocycles. The molecule has 0 bridgehead atoms. The van der Waals surface area contributed by atoms with Gasteiger partial charge in [-0.25, -0.2) is 13.2 Å². The van der Waals surface area contributed by atoms with Crippen molar-refractivity contribution in [1.82, 2.24) is 14.9 Å². The first-order valence-electron chi connectivity index (χ1n) is 12.4. The number of para-hydroxylation sites is 1. The lowest BCUT2D eigenvalue weighted by atomic mass is 9.86. The van der Waals surface area contributed by atoms with E-state index < -0.39 is 10.0 Å². The van der Waals surface area contributed by atoms with E-state index in [1.807, 2.05) is 18.2 Å². The highest BCUT2D eigenvalue weighted by molar-refractivity contribution is 7.89. The second-order valence-electron chi connectivity index (χ2n) is 9.51. The molecule has 8 nitrogen and oxygen atoms in total. The van der Waals surface area contributed by atoms with Crippen LogP contribution >= 0.6 is 0 Å². The van der Waals surface area contributed by atoms with Crippen LogP contribution in [0.5, 0.6) is 0 Å². The molecule has 1 saturated heterocycles. The molecule has 9 heteroatoms. The Kier molecular flexibility index (Phi) is 8.07. The molecule has 1 aliphatic heterocycles. The van der Waals surface area contributed by atoms with E-state index in [1.54, 1.807) is 24.3 Å². The quantitative estimate of drug-likeness (QED) is 0.560. The van der Waals surface area contributed by atoms with Crippen molar-refractivity contribution in [3.05, 3.63) is 60.2 Å². The Hall–Kier alpha value is -2.91. The van der Waals surface area contributed by atoms with E-state index in [-0.39, 0.29) is 28.9 Å². The van der Waals surface area contributed by atoms with Gasteiger partial charge in [0.1, 0.15) is 0 Å². The number of piperidine rings is 1. The van der Waals surface area contributed by atoms with Gasteiger partial charge in [0.15, 0.2) is 0 Å². The van der Waals surface area contributed by atoms with Crippen LogP contribution in [-0.2, 0) is 10.0 Å². The van der Waals surface area contributed by atoms with Crippen molar-refractivity contribution >= 4 is 27.6 Å². The average Bonchev–Trinajstić information content (AvgIpc) is 2.86. The van der Waals surface area contributed by atoms with Gasteiger partial charge < -0.3 is 16.0 Å². The molecule has 2 atom stereocenters. The molecule has 4 rings (SSSR count). The fourth-order valence-corrected chi connectivity index (χ4v) is 6.29. The first kappa shape index (κ1) is 25.2. The number of carbonyl (C=O) groups excluding carboxylic acids is 2. The first-order chi connectivity index (χ1) is 16.8. The van der Waals surface area contributed by atoms with Crippen LogP contribution in [0.3, 0.4) is 0 Å². The van der Waals surface area contributed by atoms with Gasteiger partial charge in [-0.3, -0.25) is 4.79 Å². The topological polar surface area (TPSA) is 108 Å². The van der Waals surface area contributed by atoms with Crippen molar-refractivity contribution in [2.75, 3.05) is 18.4 Å². The van der Waals surface area contributed by atoms with Crippen molar-refractivity contribution in [1.29, 1.82) is 0 Å². The van der Waals surface area contributed by atoms with Gasteiger partial charge in [0, 0.05) is 36.4 Å². The monoisotopic (exact) mass is 498 g/mol. The van der Waals surface area contributed by atoms with Crippen molar-refractivity contribution in [2.45, 2.75) is 62.4 Å². The maximum absolute atomic E-state index is 13.1. The Morgan fingerprint density at radius 3 is 2.17 bits per heavy atom. The maximum Gasteiger partial charge on any atom is 0.319 e. The number of urea groups is 1. The second kappa shape index (κ2) is 11.2. The third-order valence-electron chi connectivity index (χ3n) is 7.00. The zero-order valence-electron chi connectivity index (χ0n) is 20.1. The molecular formula is C26H34N4O4S. The summed E-state index contributed by atoms with van der Waals surface area (Å²) in [7, 11) is -3.67. The van der Waals surface area contributed by atoms with Crippen LogP contribution in [-0.4, -0.2) is 49.8 Å². The number of rotatable bonds is 6. The number of nitrogens with one attached hydrogen (secondary N) is 3. The normalized spacial score (nSPS) is 21.7. The lowest BCUT2D eigenvalue weighted by molar-refractivity contribution is 0.0910. The molecule has 0 spiro atoms. The van der Waals surface area contributed by atoms with Gasteiger partial charge in [-0.2, -0.15) is 4.31 Å². The Balaban J connectivity index is 1.29. The summed E-state index contributed by atoms with van der Waals surface area (Å²) in [6.45, 7) is 2.80. The van der Waals surface area contributed by atoms with Crippen LogP contribution in [0.4, 0.5) is 10.5 Å². The summed E-state index contributed by atoms with van der Waals surface area (Å²) in [5.41, 5.74) is 1.17. The van der Waals surface area contributed by atoms with Crippen molar-refractivity contribution in [3.8, 4) is 0 Å². The lowest BCUT2D eigenvalue weighted by Crippen LogP contribution is -2.47. The fraction of sp³-hybridized carbons (Fsp3) is 0.462. The van der Waals surface area contributed by atoms with E-state index >= 15 is 0 Å². The predicted molar refractivity (Wildman–Crippen MR) is 136 cm³/mol. The summed E-state index contributed by atoms with van der Waals surface area (Å²) in [5, 5.41) is 8.81. The number of nitrogens with zero attached hydrogens (tertiary/aromatic N) is 1. The summed E-state index contributed by atoms with van der Waals surface area (Å²) in [4.78, 5) is 25.0. The molecule has 2 unspecified atom stereocenters. The minimum absolute atomic E-state index is 0.0987. The Morgan fingerprint density at radius 2 is 1.51 bits per heavy atom. The summed E-state index contributed by atoms with van der Waals surface area (Å²) in [6.07, 6.45) is 5.48. The number of hydrogen-bond donors (Lipinski definition) is 3. The predicted octanol–water partition coefficient (Wildman–Crippen LogP) is 3.97. The van der Waals surface area contributed by atoms with E-state index in [4.69, 9.17) is 0 Å². The number of carbonyl (C=O) groups is 2. The highest BCUT2D eigenvalue weighted by Crippen LogP contribution is 2.25. The molecule has 0 radical (unpaired) electrons.